The Morgan fingerprint density at radius 3 is 2.38 bits per heavy atom. The van der Waals surface area contributed by atoms with Crippen LogP contribution < -0.4 is 5.73 Å². The zero-order chi connectivity index (χ0) is 12.5. The van der Waals surface area contributed by atoms with Crippen molar-refractivity contribution < 1.29 is 4.79 Å². The largest absolute Gasteiger partial charge is 0.338 e. The average Bonchev–Trinajstić information content (AvgIpc) is 2.18. The lowest BCUT2D eigenvalue weighted by atomic mass is 9.85. The summed E-state index contributed by atoms with van der Waals surface area (Å²) in [7, 11) is 0. The molecule has 0 aromatic carbocycles. The molecule has 1 fully saturated rings. The van der Waals surface area contributed by atoms with E-state index in [0.29, 0.717) is 12.0 Å². The number of likely N-dealkylation sites (tertiary alicyclic amines) is 1. The van der Waals surface area contributed by atoms with Crippen LogP contribution in [0.4, 0.5) is 0 Å². The topological polar surface area (TPSA) is 46.3 Å². The third-order valence-electron chi connectivity index (χ3n) is 3.60. The van der Waals surface area contributed by atoms with Gasteiger partial charge in [-0.1, -0.05) is 27.7 Å². The fourth-order valence-electron chi connectivity index (χ4n) is 2.14. The van der Waals surface area contributed by atoms with E-state index in [9.17, 15) is 4.79 Å². The summed E-state index contributed by atoms with van der Waals surface area (Å²) in [6, 6.07) is -0.0441. The van der Waals surface area contributed by atoms with Gasteiger partial charge < -0.3 is 10.6 Å². The molecule has 1 saturated heterocycles. The van der Waals surface area contributed by atoms with E-state index >= 15 is 0 Å². The van der Waals surface area contributed by atoms with Gasteiger partial charge in [0.15, 0.2) is 0 Å². The Labute approximate surface area is 99.4 Å². The summed E-state index contributed by atoms with van der Waals surface area (Å²) in [5.41, 5.74) is 5.89. The molecular weight excluding hydrogens is 200 g/mol. The number of hydrogen-bond donors (Lipinski definition) is 1. The quantitative estimate of drug-likeness (QED) is 0.743. The summed E-state index contributed by atoms with van der Waals surface area (Å²) in [4.78, 5) is 14.3. The molecule has 1 rings (SSSR count). The van der Waals surface area contributed by atoms with Crippen molar-refractivity contribution in [1.29, 1.82) is 0 Å². The van der Waals surface area contributed by atoms with Crippen LogP contribution in [0.1, 0.15) is 47.5 Å². The van der Waals surface area contributed by atoms with E-state index in [-0.39, 0.29) is 17.4 Å². The molecule has 3 nitrogen and oxygen atoms in total. The summed E-state index contributed by atoms with van der Waals surface area (Å²) in [6.45, 7) is 11.3. The Morgan fingerprint density at radius 2 is 1.88 bits per heavy atom. The van der Waals surface area contributed by atoms with Crippen molar-refractivity contribution in [3.05, 3.63) is 0 Å². The molecule has 0 aromatic rings. The Kier molecular flexibility index (Phi) is 4.00. The van der Waals surface area contributed by atoms with Gasteiger partial charge in [-0.15, -0.1) is 0 Å². The summed E-state index contributed by atoms with van der Waals surface area (Å²) >= 11 is 0. The first kappa shape index (κ1) is 13.5. The molecular formula is C13H26N2O. The van der Waals surface area contributed by atoms with Crippen LogP contribution in [0.15, 0.2) is 0 Å². The number of rotatable bonds is 1. The minimum Gasteiger partial charge on any atom is -0.338 e. The fraction of sp³-hybridized carbons (Fsp3) is 0.923. The van der Waals surface area contributed by atoms with E-state index in [4.69, 9.17) is 5.73 Å². The second-order valence-electron chi connectivity index (χ2n) is 6.37. The Balaban J connectivity index is 2.72. The number of piperidine rings is 1. The van der Waals surface area contributed by atoms with E-state index in [1.165, 1.54) is 6.42 Å². The van der Waals surface area contributed by atoms with Crippen LogP contribution in [0.2, 0.25) is 0 Å². The molecule has 16 heavy (non-hydrogen) atoms. The number of amides is 1. The monoisotopic (exact) mass is 226 g/mol. The lowest BCUT2D eigenvalue weighted by molar-refractivity contribution is -0.139. The maximum atomic E-state index is 12.3. The Hall–Kier alpha value is -0.570. The highest BCUT2D eigenvalue weighted by atomic mass is 16.2. The minimum atomic E-state index is -0.389. The number of carbonyl (C=O) groups excluding carboxylic acids is 1. The van der Waals surface area contributed by atoms with E-state index in [1.807, 2.05) is 25.7 Å². The summed E-state index contributed by atoms with van der Waals surface area (Å²) in [5, 5.41) is 0. The molecule has 1 amide bonds. The highest BCUT2D eigenvalue weighted by Gasteiger charge is 2.35. The fourth-order valence-corrected chi connectivity index (χ4v) is 2.14. The molecule has 0 spiro atoms. The van der Waals surface area contributed by atoms with Crippen molar-refractivity contribution in [3.63, 3.8) is 0 Å². The van der Waals surface area contributed by atoms with E-state index in [0.717, 1.165) is 13.0 Å². The van der Waals surface area contributed by atoms with Crippen LogP contribution in [-0.4, -0.2) is 29.4 Å². The number of nitrogens with zero attached hydrogens (tertiary/aromatic N) is 1. The van der Waals surface area contributed by atoms with E-state index in [1.54, 1.807) is 0 Å². The number of carbonyl (C=O) groups is 1. The molecule has 0 aliphatic carbocycles. The molecule has 1 aliphatic rings. The highest BCUT2D eigenvalue weighted by Crippen LogP contribution is 2.25. The van der Waals surface area contributed by atoms with Crippen LogP contribution in [0.5, 0.6) is 0 Å². The molecule has 94 valence electrons. The van der Waals surface area contributed by atoms with Crippen LogP contribution in [0.25, 0.3) is 0 Å². The summed E-state index contributed by atoms with van der Waals surface area (Å²) in [6.07, 6.45) is 2.32. The SMILES string of the molecule is CC1CCC(C)N(C(=O)[C@H](N)C(C)(C)C)C1. The number of nitrogens with two attached hydrogens (primary N) is 1. The van der Waals surface area contributed by atoms with Gasteiger partial charge in [0, 0.05) is 12.6 Å². The van der Waals surface area contributed by atoms with E-state index in [2.05, 4.69) is 13.8 Å². The lowest BCUT2D eigenvalue weighted by Gasteiger charge is -2.40. The third-order valence-corrected chi connectivity index (χ3v) is 3.60. The first-order valence-electron chi connectivity index (χ1n) is 6.29. The van der Waals surface area contributed by atoms with Gasteiger partial charge >= 0.3 is 0 Å². The van der Waals surface area contributed by atoms with Gasteiger partial charge in [0.1, 0.15) is 0 Å². The minimum absolute atomic E-state index is 0.117. The third kappa shape index (κ3) is 2.97. The summed E-state index contributed by atoms with van der Waals surface area (Å²) < 4.78 is 0. The molecule has 2 N–H and O–H groups in total. The lowest BCUT2D eigenvalue weighted by Crippen LogP contribution is -2.55. The predicted octanol–water partition coefficient (Wildman–Crippen LogP) is 2.01. The molecule has 1 aliphatic heterocycles. The zero-order valence-electron chi connectivity index (χ0n) is 11.3. The van der Waals surface area contributed by atoms with Gasteiger partial charge in [-0.3, -0.25) is 4.79 Å². The molecule has 0 radical (unpaired) electrons. The van der Waals surface area contributed by atoms with Crippen LogP contribution in [-0.2, 0) is 4.79 Å². The molecule has 1 heterocycles. The van der Waals surface area contributed by atoms with Gasteiger partial charge in [0.25, 0.3) is 0 Å². The van der Waals surface area contributed by atoms with Crippen LogP contribution in [0, 0.1) is 11.3 Å². The second kappa shape index (κ2) is 4.74. The molecule has 3 heteroatoms. The van der Waals surface area contributed by atoms with Gasteiger partial charge in [-0.25, -0.2) is 0 Å². The zero-order valence-corrected chi connectivity index (χ0v) is 11.3. The second-order valence-corrected chi connectivity index (χ2v) is 6.37. The van der Waals surface area contributed by atoms with Crippen molar-refractivity contribution in [3.8, 4) is 0 Å². The highest BCUT2D eigenvalue weighted by molar-refractivity contribution is 5.82. The first-order chi connectivity index (χ1) is 7.23. The molecule has 0 saturated carbocycles. The van der Waals surface area contributed by atoms with Crippen molar-refractivity contribution >= 4 is 5.91 Å². The predicted molar refractivity (Wildman–Crippen MR) is 67.0 cm³/mol. The molecule has 2 unspecified atom stereocenters. The standard InChI is InChI=1S/C13H26N2O/c1-9-6-7-10(2)15(8-9)12(16)11(14)13(3,4)5/h9-11H,6-8,14H2,1-5H3/t9?,10?,11-/m0/s1. The maximum absolute atomic E-state index is 12.3. The van der Waals surface area contributed by atoms with Crippen molar-refractivity contribution in [2.45, 2.75) is 59.5 Å². The summed E-state index contributed by atoms with van der Waals surface area (Å²) in [5.74, 6) is 0.721. The van der Waals surface area contributed by atoms with Crippen molar-refractivity contribution in [2.75, 3.05) is 6.54 Å². The first-order valence-corrected chi connectivity index (χ1v) is 6.29. The Bertz CT molecular complexity index is 257. The van der Waals surface area contributed by atoms with Crippen LogP contribution in [0.3, 0.4) is 0 Å². The van der Waals surface area contributed by atoms with Crippen molar-refractivity contribution in [1.82, 2.24) is 4.90 Å². The van der Waals surface area contributed by atoms with Gasteiger partial charge in [-0.2, -0.15) is 0 Å². The molecule has 3 atom stereocenters. The average molecular weight is 226 g/mol. The van der Waals surface area contributed by atoms with Gasteiger partial charge in [-0.05, 0) is 31.1 Å². The van der Waals surface area contributed by atoms with Crippen LogP contribution >= 0.6 is 0 Å². The maximum Gasteiger partial charge on any atom is 0.240 e. The van der Waals surface area contributed by atoms with Gasteiger partial charge in [0.05, 0.1) is 6.04 Å². The molecule has 0 aromatic heterocycles. The van der Waals surface area contributed by atoms with Gasteiger partial charge in [0.2, 0.25) is 5.91 Å². The Morgan fingerprint density at radius 1 is 1.31 bits per heavy atom. The normalized spacial score (nSPS) is 29.0. The number of hydrogen-bond acceptors (Lipinski definition) is 2. The molecule has 0 bridgehead atoms. The van der Waals surface area contributed by atoms with Crippen molar-refractivity contribution in [2.24, 2.45) is 17.1 Å². The smallest absolute Gasteiger partial charge is 0.240 e. The van der Waals surface area contributed by atoms with E-state index < -0.39 is 0 Å².